The van der Waals surface area contributed by atoms with Gasteiger partial charge < -0.3 is 10.4 Å². The molecule has 1 saturated heterocycles. The van der Waals surface area contributed by atoms with E-state index in [1.54, 1.807) is 0 Å². The van der Waals surface area contributed by atoms with E-state index in [4.69, 9.17) is 0 Å². The van der Waals surface area contributed by atoms with Crippen molar-refractivity contribution >= 4 is 5.91 Å². The van der Waals surface area contributed by atoms with Crippen LogP contribution in [0, 0.1) is 23.5 Å². The number of rotatable bonds is 5. The van der Waals surface area contributed by atoms with Gasteiger partial charge in [-0.15, -0.1) is 0 Å². The number of aliphatic hydroxyl groups excluding tert-OH is 1. The van der Waals surface area contributed by atoms with Crippen LogP contribution in [0.2, 0.25) is 0 Å². The molecule has 25 heavy (non-hydrogen) atoms. The summed E-state index contributed by atoms with van der Waals surface area (Å²) in [6.45, 7) is 0.520. The van der Waals surface area contributed by atoms with Gasteiger partial charge in [-0.25, -0.2) is 8.78 Å². The Labute approximate surface area is 146 Å². The predicted octanol–water partition coefficient (Wildman–Crippen LogP) is 1.79. The zero-order valence-electron chi connectivity index (χ0n) is 14.1. The van der Waals surface area contributed by atoms with Gasteiger partial charge in [0.15, 0.2) is 11.6 Å². The summed E-state index contributed by atoms with van der Waals surface area (Å²) >= 11 is 0. The first-order valence-electron chi connectivity index (χ1n) is 8.95. The lowest BCUT2D eigenvalue weighted by Crippen LogP contribution is -2.45. The molecule has 7 heteroatoms. The van der Waals surface area contributed by atoms with Gasteiger partial charge in [0.1, 0.15) is 0 Å². The molecule has 3 rings (SSSR count). The van der Waals surface area contributed by atoms with Gasteiger partial charge in [-0.05, 0) is 36.5 Å². The van der Waals surface area contributed by atoms with Crippen molar-refractivity contribution in [1.82, 2.24) is 16.2 Å². The van der Waals surface area contributed by atoms with Crippen molar-refractivity contribution in [1.29, 1.82) is 0 Å². The highest BCUT2D eigenvalue weighted by molar-refractivity contribution is 5.80. The number of carbonyl (C=O) groups excluding carboxylic acids is 1. The minimum absolute atomic E-state index is 0.0300. The Morgan fingerprint density at radius 3 is 2.72 bits per heavy atom. The van der Waals surface area contributed by atoms with E-state index in [2.05, 4.69) is 16.2 Å². The second kappa shape index (κ2) is 8.21. The highest BCUT2D eigenvalue weighted by Gasteiger charge is 2.38. The van der Waals surface area contributed by atoms with Crippen LogP contribution in [0.5, 0.6) is 0 Å². The van der Waals surface area contributed by atoms with Crippen molar-refractivity contribution in [3.63, 3.8) is 0 Å². The molecular formula is C18H25F2N3O2. The summed E-state index contributed by atoms with van der Waals surface area (Å²) in [5, 5.41) is 12.8. The molecule has 0 aromatic heterocycles. The van der Waals surface area contributed by atoms with Crippen LogP contribution in [0.3, 0.4) is 0 Å². The quantitative estimate of drug-likeness (QED) is 0.651. The van der Waals surface area contributed by atoms with E-state index >= 15 is 0 Å². The largest absolute Gasteiger partial charge is 0.387 e. The van der Waals surface area contributed by atoms with Gasteiger partial charge in [0.05, 0.1) is 12.0 Å². The number of hydrogen-bond donors (Lipinski definition) is 4. The molecule has 2 fully saturated rings. The fourth-order valence-corrected chi connectivity index (χ4v) is 3.88. The molecule has 138 valence electrons. The maximum Gasteiger partial charge on any atom is 0.226 e. The molecule has 1 amide bonds. The number of hydrazine groups is 1. The molecule has 5 nitrogen and oxygen atoms in total. The summed E-state index contributed by atoms with van der Waals surface area (Å²) in [6.07, 6.45) is 4.84. The molecule has 4 N–H and O–H groups in total. The van der Waals surface area contributed by atoms with Crippen molar-refractivity contribution in [2.45, 2.75) is 44.2 Å². The molecule has 1 aromatic carbocycles. The van der Waals surface area contributed by atoms with E-state index in [0.29, 0.717) is 12.5 Å². The number of hydrogen-bond acceptors (Lipinski definition) is 4. The van der Waals surface area contributed by atoms with E-state index in [0.717, 1.165) is 25.0 Å². The van der Waals surface area contributed by atoms with E-state index in [-0.39, 0.29) is 30.0 Å². The van der Waals surface area contributed by atoms with Crippen LogP contribution in [0.4, 0.5) is 8.78 Å². The van der Waals surface area contributed by atoms with Gasteiger partial charge in [-0.2, -0.15) is 0 Å². The lowest BCUT2D eigenvalue weighted by Gasteiger charge is -2.30. The lowest BCUT2D eigenvalue weighted by molar-refractivity contribution is -0.125. The molecule has 0 radical (unpaired) electrons. The monoisotopic (exact) mass is 353 g/mol. The molecule has 1 aliphatic heterocycles. The smallest absolute Gasteiger partial charge is 0.226 e. The number of aliphatic hydroxyl groups is 1. The number of halogens is 2. The Morgan fingerprint density at radius 2 is 2.00 bits per heavy atom. The average molecular weight is 353 g/mol. The van der Waals surface area contributed by atoms with Gasteiger partial charge in [0, 0.05) is 19.1 Å². The number of carbonyl (C=O) groups is 1. The maximum atomic E-state index is 13.3. The van der Waals surface area contributed by atoms with Gasteiger partial charge in [-0.1, -0.05) is 25.3 Å². The maximum absolute atomic E-state index is 13.3. The Balaban J connectivity index is 1.54. The molecular weight excluding hydrogens is 328 g/mol. The molecule has 1 saturated carbocycles. The molecule has 0 spiro atoms. The minimum Gasteiger partial charge on any atom is -0.387 e. The molecule has 1 heterocycles. The van der Waals surface area contributed by atoms with E-state index in [1.807, 2.05) is 0 Å². The lowest BCUT2D eigenvalue weighted by atomic mass is 9.79. The van der Waals surface area contributed by atoms with Gasteiger partial charge in [0.2, 0.25) is 5.91 Å². The molecule has 2 aliphatic rings. The van der Waals surface area contributed by atoms with E-state index < -0.39 is 17.7 Å². The summed E-state index contributed by atoms with van der Waals surface area (Å²) in [7, 11) is 0. The zero-order valence-corrected chi connectivity index (χ0v) is 14.1. The van der Waals surface area contributed by atoms with Crippen molar-refractivity contribution < 1.29 is 18.7 Å². The first-order chi connectivity index (χ1) is 12.1. The molecule has 1 aliphatic carbocycles. The summed E-state index contributed by atoms with van der Waals surface area (Å²) in [5.41, 5.74) is 6.54. The standard InChI is InChI=1S/C18H25F2N3O2/c19-14-7-6-12(8-15(14)20)16(24)10-21-18(25)13-9-22-23-17(13)11-4-2-1-3-5-11/h6-8,11,13,16-17,22-24H,1-5,9-10H2,(H,21,25). The number of amides is 1. The Bertz CT molecular complexity index is 608. The van der Waals surface area contributed by atoms with Crippen LogP contribution >= 0.6 is 0 Å². The second-order valence-electron chi connectivity index (χ2n) is 6.99. The molecule has 1 aromatic rings. The van der Waals surface area contributed by atoms with Gasteiger partial charge in [-0.3, -0.25) is 15.6 Å². The highest BCUT2D eigenvalue weighted by atomic mass is 19.2. The Kier molecular flexibility index (Phi) is 5.98. The summed E-state index contributed by atoms with van der Waals surface area (Å²) in [6, 6.07) is 3.34. The van der Waals surface area contributed by atoms with Crippen LogP contribution in [0.1, 0.15) is 43.8 Å². The number of nitrogens with one attached hydrogen (secondary N) is 3. The van der Waals surface area contributed by atoms with Crippen LogP contribution < -0.4 is 16.2 Å². The Morgan fingerprint density at radius 1 is 1.24 bits per heavy atom. The zero-order chi connectivity index (χ0) is 17.8. The topological polar surface area (TPSA) is 73.4 Å². The number of benzene rings is 1. The summed E-state index contributed by atoms with van der Waals surface area (Å²) in [5.74, 6) is -1.81. The van der Waals surface area contributed by atoms with Crippen molar-refractivity contribution in [3.05, 3.63) is 35.4 Å². The van der Waals surface area contributed by atoms with Gasteiger partial charge >= 0.3 is 0 Å². The van der Waals surface area contributed by atoms with Gasteiger partial charge in [0.25, 0.3) is 0 Å². The SMILES string of the molecule is O=C(NCC(O)c1ccc(F)c(F)c1)C1CNNC1C1CCCCC1. The summed E-state index contributed by atoms with van der Waals surface area (Å²) < 4.78 is 26.2. The van der Waals surface area contributed by atoms with Crippen molar-refractivity contribution in [2.24, 2.45) is 11.8 Å². The third-order valence-corrected chi connectivity index (χ3v) is 5.32. The second-order valence-corrected chi connectivity index (χ2v) is 6.99. The third-order valence-electron chi connectivity index (χ3n) is 5.32. The fraction of sp³-hybridized carbons (Fsp3) is 0.611. The fourth-order valence-electron chi connectivity index (χ4n) is 3.88. The molecule has 3 unspecified atom stereocenters. The Hall–Kier alpha value is -1.57. The highest BCUT2D eigenvalue weighted by Crippen LogP contribution is 2.30. The van der Waals surface area contributed by atoms with Crippen molar-refractivity contribution in [2.75, 3.05) is 13.1 Å². The average Bonchev–Trinajstić information content (AvgIpc) is 3.12. The minimum atomic E-state index is -1.07. The van der Waals surface area contributed by atoms with E-state index in [1.165, 1.54) is 25.3 Å². The summed E-state index contributed by atoms with van der Waals surface area (Å²) in [4.78, 5) is 12.5. The van der Waals surface area contributed by atoms with Crippen LogP contribution in [0.15, 0.2) is 18.2 Å². The first-order valence-corrected chi connectivity index (χ1v) is 8.95. The van der Waals surface area contributed by atoms with Crippen LogP contribution in [-0.4, -0.2) is 30.1 Å². The normalized spacial score (nSPS) is 25.7. The van der Waals surface area contributed by atoms with Crippen LogP contribution in [0.25, 0.3) is 0 Å². The van der Waals surface area contributed by atoms with E-state index in [9.17, 15) is 18.7 Å². The first kappa shape index (κ1) is 18.2. The predicted molar refractivity (Wildman–Crippen MR) is 89.3 cm³/mol. The van der Waals surface area contributed by atoms with Crippen LogP contribution in [-0.2, 0) is 4.79 Å². The molecule has 3 atom stereocenters. The molecule has 0 bridgehead atoms. The van der Waals surface area contributed by atoms with Crippen molar-refractivity contribution in [3.8, 4) is 0 Å². The third kappa shape index (κ3) is 4.34.